The second-order valence-electron chi connectivity index (χ2n) is 6.34. The number of para-hydroxylation sites is 2. The number of nitrogens with one attached hydrogen (secondary N) is 3. The predicted octanol–water partition coefficient (Wildman–Crippen LogP) is 1.68. The summed E-state index contributed by atoms with van der Waals surface area (Å²) in [6, 6.07) is 12.4. The van der Waals surface area contributed by atoms with Crippen LogP contribution in [0.1, 0.15) is 12.5 Å². The zero-order valence-electron chi connectivity index (χ0n) is 16.2. The van der Waals surface area contributed by atoms with Gasteiger partial charge in [-0.25, -0.2) is 17.9 Å². The normalized spacial score (nSPS) is 14.7. The van der Waals surface area contributed by atoms with Gasteiger partial charge >= 0.3 is 5.97 Å². The molecule has 1 aliphatic rings. The van der Waals surface area contributed by atoms with Crippen molar-refractivity contribution in [2.45, 2.75) is 18.7 Å². The Morgan fingerprint density at radius 2 is 1.60 bits per heavy atom. The van der Waals surface area contributed by atoms with Gasteiger partial charge in [0.15, 0.2) is 5.57 Å². The molecular weight excluding hydrogens is 410 g/mol. The Hall–Kier alpha value is -3.66. The lowest BCUT2D eigenvalue weighted by molar-refractivity contribution is -0.140. The van der Waals surface area contributed by atoms with E-state index in [1.807, 2.05) is 4.72 Å². The summed E-state index contributed by atoms with van der Waals surface area (Å²) in [6.07, 6.45) is 0. The highest BCUT2D eigenvalue weighted by atomic mass is 32.2. The van der Waals surface area contributed by atoms with Crippen LogP contribution in [-0.2, 0) is 29.1 Å². The zero-order chi connectivity index (χ0) is 21.9. The van der Waals surface area contributed by atoms with Crippen LogP contribution in [0.3, 0.4) is 0 Å². The molecule has 0 aliphatic carbocycles. The summed E-state index contributed by atoms with van der Waals surface area (Å²) < 4.78 is 31.9. The number of ether oxygens (including phenoxy) is 1. The molecule has 0 atom stereocenters. The summed E-state index contributed by atoms with van der Waals surface area (Å²) in [4.78, 5) is 37.6. The summed E-state index contributed by atoms with van der Waals surface area (Å²) >= 11 is 0. The van der Waals surface area contributed by atoms with E-state index < -0.39 is 39.1 Å². The largest absolute Gasteiger partial charge is 0.462 e. The molecular formula is C20H19N3O6S. The fraction of sp³-hybridized carbons (Fsp3) is 0.150. The molecule has 2 aromatic carbocycles. The molecule has 10 heteroatoms. The highest BCUT2D eigenvalue weighted by Crippen LogP contribution is 2.29. The molecule has 30 heavy (non-hydrogen) atoms. The maximum absolute atomic E-state index is 12.8. The number of benzene rings is 2. The summed E-state index contributed by atoms with van der Waals surface area (Å²) in [6.45, 7) is 3.22. The van der Waals surface area contributed by atoms with Crippen molar-refractivity contribution in [2.75, 3.05) is 17.2 Å². The second kappa shape index (κ2) is 8.37. The van der Waals surface area contributed by atoms with E-state index in [2.05, 4.69) is 10.6 Å². The summed E-state index contributed by atoms with van der Waals surface area (Å²) in [5.41, 5.74) is 0.546. The van der Waals surface area contributed by atoms with Crippen molar-refractivity contribution >= 4 is 39.2 Å². The lowest BCUT2D eigenvalue weighted by atomic mass is 10.1. The lowest BCUT2D eigenvalue weighted by Gasteiger charge is -2.22. The van der Waals surface area contributed by atoms with Crippen LogP contribution in [0, 0.1) is 6.92 Å². The first-order valence-electron chi connectivity index (χ1n) is 8.95. The number of sulfonamides is 1. The summed E-state index contributed by atoms with van der Waals surface area (Å²) in [5.74, 6) is -3.20. The Labute approximate surface area is 173 Å². The van der Waals surface area contributed by atoms with Crippen LogP contribution in [0.15, 0.2) is 64.7 Å². The molecule has 9 nitrogen and oxygen atoms in total. The molecule has 0 radical (unpaired) electrons. The topological polar surface area (TPSA) is 131 Å². The highest BCUT2D eigenvalue weighted by molar-refractivity contribution is 7.90. The van der Waals surface area contributed by atoms with E-state index in [0.29, 0.717) is 11.4 Å². The number of hydrogen-bond donors (Lipinski definition) is 3. The maximum Gasteiger partial charge on any atom is 0.346 e. The predicted molar refractivity (Wildman–Crippen MR) is 109 cm³/mol. The van der Waals surface area contributed by atoms with E-state index in [-0.39, 0.29) is 11.5 Å². The van der Waals surface area contributed by atoms with Gasteiger partial charge in [-0.1, -0.05) is 29.8 Å². The fourth-order valence-corrected chi connectivity index (χ4v) is 3.67. The van der Waals surface area contributed by atoms with Gasteiger partial charge in [0, 0.05) is 0 Å². The molecule has 1 heterocycles. The van der Waals surface area contributed by atoms with Crippen molar-refractivity contribution in [2.24, 2.45) is 0 Å². The molecule has 0 unspecified atom stereocenters. The second-order valence-corrected chi connectivity index (χ2v) is 8.03. The van der Waals surface area contributed by atoms with E-state index in [0.717, 1.165) is 5.56 Å². The Morgan fingerprint density at radius 1 is 1.00 bits per heavy atom. The van der Waals surface area contributed by atoms with Crippen LogP contribution in [0.4, 0.5) is 11.4 Å². The molecule has 0 bridgehead atoms. The van der Waals surface area contributed by atoms with Crippen LogP contribution in [0.2, 0.25) is 0 Å². The summed E-state index contributed by atoms with van der Waals surface area (Å²) in [5, 5.41) is 5.26. The number of hydrogen-bond acceptors (Lipinski definition) is 7. The van der Waals surface area contributed by atoms with Gasteiger partial charge in [0.2, 0.25) is 0 Å². The van der Waals surface area contributed by atoms with Gasteiger partial charge in [0.05, 0.1) is 22.9 Å². The standard InChI is InChI=1S/C20H19N3O6S/c1-3-29-20(26)16(17-19(25)22-15-7-5-4-6-14(15)21-17)18(24)23-30(27,28)13-10-8-12(2)9-11-13/h4-11,21H,3H2,1-2H3,(H,22,25)(H,23,24)/b17-16-. The lowest BCUT2D eigenvalue weighted by Crippen LogP contribution is -2.38. The highest BCUT2D eigenvalue weighted by Gasteiger charge is 2.33. The molecule has 0 spiro atoms. The molecule has 0 saturated carbocycles. The maximum atomic E-state index is 12.8. The van der Waals surface area contributed by atoms with E-state index in [1.54, 1.807) is 43.3 Å². The molecule has 3 N–H and O–H groups in total. The van der Waals surface area contributed by atoms with Crippen LogP contribution in [0.25, 0.3) is 0 Å². The molecule has 156 valence electrons. The number of fused-ring (bicyclic) bond motifs is 1. The third kappa shape index (κ3) is 4.33. The molecule has 0 aromatic heterocycles. The van der Waals surface area contributed by atoms with E-state index in [4.69, 9.17) is 4.74 Å². The van der Waals surface area contributed by atoms with Crippen molar-refractivity contribution in [1.82, 2.24) is 4.72 Å². The van der Waals surface area contributed by atoms with Gasteiger partial charge in [-0.3, -0.25) is 9.59 Å². The van der Waals surface area contributed by atoms with Crippen molar-refractivity contribution in [3.63, 3.8) is 0 Å². The number of carbonyl (C=O) groups excluding carboxylic acids is 3. The number of esters is 1. The smallest absolute Gasteiger partial charge is 0.346 e. The minimum absolute atomic E-state index is 0.0776. The van der Waals surface area contributed by atoms with Crippen LogP contribution >= 0.6 is 0 Å². The van der Waals surface area contributed by atoms with Gasteiger partial charge in [0.25, 0.3) is 21.8 Å². The summed E-state index contributed by atoms with van der Waals surface area (Å²) in [7, 11) is -4.29. The number of anilines is 2. The third-order valence-corrected chi connectivity index (χ3v) is 5.52. The average molecular weight is 429 g/mol. The van der Waals surface area contributed by atoms with Gasteiger partial charge in [-0.2, -0.15) is 0 Å². The Balaban J connectivity index is 2.01. The van der Waals surface area contributed by atoms with Crippen molar-refractivity contribution in [1.29, 1.82) is 0 Å². The molecule has 2 aromatic rings. The molecule has 3 rings (SSSR count). The first-order chi connectivity index (χ1) is 14.2. The van der Waals surface area contributed by atoms with Crippen LogP contribution in [-0.4, -0.2) is 32.8 Å². The SMILES string of the molecule is CCOC(=O)/C(C(=O)NS(=O)(=O)c1ccc(C)cc1)=C1\Nc2ccccc2NC1=O. The fourth-order valence-electron chi connectivity index (χ4n) is 2.71. The van der Waals surface area contributed by atoms with E-state index >= 15 is 0 Å². The zero-order valence-corrected chi connectivity index (χ0v) is 17.0. The van der Waals surface area contributed by atoms with Crippen molar-refractivity contribution < 1.29 is 27.5 Å². The third-order valence-electron chi connectivity index (χ3n) is 4.18. The minimum Gasteiger partial charge on any atom is -0.462 e. The van der Waals surface area contributed by atoms with E-state index in [9.17, 15) is 22.8 Å². The van der Waals surface area contributed by atoms with Crippen molar-refractivity contribution in [3.05, 3.63) is 65.4 Å². The van der Waals surface area contributed by atoms with Crippen LogP contribution < -0.4 is 15.4 Å². The Kier molecular flexibility index (Phi) is 5.88. The van der Waals surface area contributed by atoms with Gasteiger partial charge in [0.1, 0.15) is 5.70 Å². The van der Waals surface area contributed by atoms with Crippen molar-refractivity contribution in [3.8, 4) is 0 Å². The number of carbonyl (C=O) groups is 3. The quantitative estimate of drug-likeness (QED) is 0.285. The first-order valence-corrected chi connectivity index (χ1v) is 10.4. The minimum atomic E-state index is -4.29. The first kappa shape index (κ1) is 21.1. The average Bonchev–Trinajstić information content (AvgIpc) is 2.68. The number of amides is 2. The van der Waals surface area contributed by atoms with Gasteiger partial charge in [-0.15, -0.1) is 0 Å². The molecule has 0 fully saturated rings. The number of aryl methyl sites for hydroxylation is 1. The number of rotatable bonds is 5. The van der Waals surface area contributed by atoms with E-state index in [1.165, 1.54) is 19.1 Å². The molecule has 2 amide bonds. The molecule has 0 saturated heterocycles. The monoisotopic (exact) mass is 429 g/mol. The van der Waals surface area contributed by atoms with Gasteiger partial charge < -0.3 is 15.4 Å². The molecule has 1 aliphatic heterocycles. The van der Waals surface area contributed by atoms with Gasteiger partial charge in [-0.05, 0) is 38.1 Å². The van der Waals surface area contributed by atoms with Crippen LogP contribution in [0.5, 0.6) is 0 Å². The Morgan fingerprint density at radius 3 is 2.20 bits per heavy atom. The Bertz CT molecular complexity index is 1150.